The normalized spacial score (nSPS) is 15.5. The molecule has 1 fully saturated rings. The first kappa shape index (κ1) is 18.4. The Hall–Kier alpha value is -2.41. The molecule has 1 saturated heterocycles. The van der Waals surface area contributed by atoms with Gasteiger partial charge in [0.2, 0.25) is 5.91 Å². The van der Waals surface area contributed by atoms with Crippen molar-refractivity contribution in [1.82, 2.24) is 24.8 Å². The maximum Gasteiger partial charge on any atom is 0.276 e. The van der Waals surface area contributed by atoms with E-state index in [4.69, 9.17) is 11.6 Å². The molecule has 0 unspecified atom stereocenters. The summed E-state index contributed by atoms with van der Waals surface area (Å²) in [6, 6.07) is 7.41. The van der Waals surface area contributed by atoms with Crippen molar-refractivity contribution in [3.05, 3.63) is 46.7 Å². The largest absolute Gasteiger partial charge is 0.335 e. The van der Waals surface area contributed by atoms with Gasteiger partial charge in [0, 0.05) is 24.7 Å². The van der Waals surface area contributed by atoms with Gasteiger partial charge in [-0.05, 0) is 38.5 Å². The summed E-state index contributed by atoms with van der Waals surface area (Å²) in [5.41, 5.74) is 1.02. The summed E-state index contributed by atoms with van der Waals surface area (Å²) in [5.74, 6) is -0.345. The minimum Gasteiger partial charge on any atom is -0.335 e. The highest BCUT2D eigenvalue weighted by Crippen LogP contribution is 2.16. The Labute approximate surface area is 157 Å². The minimum absolute atomic E-state index is 0.0504. The van der Waals surface area contributed by atoms with Crippen molar-refractivity contribution in [3.63, 3.8) is 0 Å². The first-order chi connectivity index (χ1) is 12.2. The minimum atomic E-state index is -0.264. The zero-order chi connectivity index (χ0) is 18.9. The van der Waals surface area contributed by atoms with Crippen molar-refractivity contribution in [1.29, 1.82) is 0 Å². The number of carbonyl (C=O) groups excluding carboxylic acids is 2. The lowest BCUT2D eigenvalue weighted by atomic mass is 10.1. The van der Waals surface area contributed by atoms with Gasteiger partial charge in [-0.3, -0.25) is 9.59 Å². The summed E-state index contributed by atoms with van der Waals surface area (Å²) in [6.45, 7) is 7.47. The van der Waals surface area contributed by atoms with Gasteiger partial charge in [0.1, 0.15) is 6.54 Å². The smallest absolute Gasteiger partial charge is 0.276 e. The van der Waals surface area contributed by atoms with Gasteiger partial charge in [-0.25, -0.2) is 4.68 Å². The number of benzene rings is 1. The Bertz CT molecular complexity index is 810. The van der Waals surface area contributed by atoms with Crippen molar-refractivity contribution in [3.8, 4) is 0 Å². The number of aromatic nitrogens is 3. The van der Waals surface area contributed by atoms with Crippen molar-refractivity contribution < 1.29 is 9.59 Å². The fraction of sp³-hybridized carbons (Fsp3) is 0.444. The van der Waals surface area contributed by atoms with E-state index in [1.807, 2.05) is 32.9 Å². The number of nitrogens with zero attached hydrogens (tertiary/aromatic N) is 5. The molecule has 2 heterocycles. The van der Waals surface area contributed by atoms with Gasteiger partial charge in [0.25, 0.3) is 5.91 Å². The van der Waals surface area contributed by atoms with Crippen LogP contribution in [-0.4, -0.2) is 56.2 Å². The van der Waals surface area contributed by atoms with E-state index < -0.39 is 0 Å². The highest BCUT2D eigenvalue weighted by atomic mass is 35.5. The van der Waals surface area contributed by atoms with Crippen LogP contribution < -0.4 is 0 Å². The monoisotopic (exact) mass is 375 g/mol. The SMILES string of the molecule is CC(C)(C)n1cc(C(=O)N2CCN(Cc3ccc(Cl)cc3)C(=O)C2)nn1. The summed E-state index contributed by atoms with van der Waals surface area (Å²) in [4.78, 5) is 28.3. The van der Waals surface area contributed by atoms with Crippen LogP contribution in [0.3, 0.4) is 0 Å². The fourth-order valence-electron chi connectivity index (χ4n) is 2.71. The third-order valence-electron chi connectivity index (χ3n) is 4.29. The average molecular weight is 376 g/mol. The van der Waals surface area contributed by atoms with E-state index in [9.17, 15) is 9.59 Å². The molecule has 1 aromatic heterocycles. The van der Waals surface area contributed by atoms with Crippen LogP contribution >= 0.6 is 11.6 Å². The second-order valence-corrected chi connectivity index (χ2v) is 7.82. The molecule has 0 bridgehead atoms. The molecule has 2 amide bonds. The van der Waals surface area contributed by atoms with Crippen LogP contribution in [0.15, 0.2) is 30.5 Å². The number of piperazine rings is 1. The molecule has 0 atom stereocenters. The molecule has 0 N–H and O–H groups in total. The Morgan fingerprint density at radius 3 is 2.46 bits per heavy atom. The number of amides is 2. The maximum absolute atomic E-state index is 12.6. The molecule has 0 aliphatic carbocycles. The molecule has 7 nitrogen and oxygen atoms in total. The molecule has 1 aromatic carbocycles. The number of halogens is 1. The molecular formula is C18H22ClN5O2. The van der Waals surface area contributed by atoms with Crippen LogP contribution in [0, 0.1) is 0 Å². The molecule has 2 aromatic rings. The average Bonchev–Trinajstić information content (AvgIpc) is 3.08. The molecule has 0 radical (unpaired) electrons. The number of hydrogen-bond acceptors (Lipinski definition) is 4. The first-order valence-electron chi connectivity index (χ1n) is 8.48. The van der Waals surface area contributed by atoms with Crippen molar-refractivity contribution in [2.45, 2.75) is 32.9 Å². The third-order valence-corrected chi connectivity index (χ3v) is 4.54. The van der Waals surface area contributed by atoms with E-state index in [0.717, 1.165) is 5.56 Å². The summed E-state index contributed by atoms with van der Waals surface area (Å²) >= 11 is 5.89. The predicted molar refractivity (Wildman–Crippen MR) is 97.8 cm³/mol. The molecule has 1 aliphatic heterocycles. The van der Waals surface area contributed by atoms with Crippen LogP contribution in [0.5, 0.6) is 0 Å². The van der Waals surface area contributed by atoms with E-state index in [-0.39, 0.29) is 29.6 Å². The van der Waals surface area contributed by atoms with E-state index in [0.29, 0.717) is 24.7 Å². The zero-order valence-corrected chi connectivity index (χ0v) is 15.9. The van der Waals surface area contributed by atoms with Crippen molar-refractivity contribution in [2.24, 2.45) is 0 Å². The van der Waals surface area contributed by atoms with Gasteiger partial charge >= 0.3 is 0 Å². The standard InChI is InChI=1S/C18H22ClN5O2/c1-18(2,3)24-11-15(20-21-24)17(26)23-9-8-22(16(25)12-23)10-13-4-6-14(19)7-5-13/h4-7,11H,8-10,12H2,1-3H3. The van der Waals surface area contributed by atoms with Crippen LogP contribution in [0.4, 0.5) is 0 Å². The molecule has 3 rings (SSSR count). The highest BCUT2D eigenvalue weighted by molar-refractivity contribution is 6.30. The molecular weight excluding hydrogens is 354 g/mol. The van der Waals surface area contributed by atoms with E-state index >= 15 is 0 Å². The van der Waals surface area contributed by atoms with Crippen LogP contribution in [0.1, 0.15) is 36.8 Å². The second-order valence-electron chi connectivity index (χ2n) is 7.39. The van der Waals surface area contributed by atoms with Crippen molar-refractivity contribution in [2.75, 3.05) is 19.6 Å². The molecule has 138 valence electrons. The van der Waals surface area contributed by atoms with Gasteiger partial charge in [0.15, 0.2) is 5.69 Å². The Balaban J connectivity index is 1.62. The fourth-order valence-corrected chi connectivity index (χ4v) is 2.84. The van der Waals surface area contributed by atoms with Crippen LogP contribution in [-0.2, 0) is 16.9 Å². The Kier molecular flexibility index (Phi) is 5.00. The maximum atomic E-state index is 12.6. The second kappa shape index (κ2) is 7.07. The first-order valence-corrected chi connectivity index (χ1v) is 8.86. The number of carbonyl (C=O) groups is 2. The summed E-state index contributed by atoms with van der Waals surface area (Å²) in [5, 5.41) is 8.64. The number of rotatable bonds is 3. The van der Waals surface area contributed by atoms with Gasteiger partial charge in [0.05, 0.1) is 11.7 Å². The molecule has 0 spiro atoms. The zero-order valence-electron chi connectivity index (χ0n) is 15.1. The predicted octanol–water partition coefficient (Wildman–Crippen LogP) is 2.17. The van der Waals surface area contributed by atoms with Crippen molar-refractivity contribution >= 4 is 23.4 Å². The molecule has 8 heteroatoms. The number of hydrogen-bond donors (Lipinski definition) is 0. The lowest BCUT2D eigenvalue weighted by molar-refractivity contribution is -0.135. The van der Waals surface area contributed by atoms with Gasteiger partial charge in [-0.1, -0.05) is 28.9 Å². The van der Waals surface area contributed by atoms with Gasteiger partial charge in [-0.15, -0.1) is 5.10 Å². The third kappa shape index (κ3) is 4.04. The molecule has 0 saturated carbocycles. The summed E-state index contributed by atoms with van der Waals surface area (Å²) in [7, 11) is 0. The lowest BCUT2D eigenvalue weighted by Crippen LogP contribution is -2.51. The highest BCUT2D eigenvalue weighted by Gasteiger charge is 2.29. The topological polar surface area (TPSA) is 71.3 Å². The molecule has 26 heavy (non-hydrogen) atoms. The van der Waals surface area contributed by atoms with Crippen LogP contribution in [0.25, 0.3) is 0 Å². The van der Waals surface area contributed by atoms with Gasteiger partial charge < -0.3 is 9.80 Å². The summed E-state index contributed by atoms with van der Waals surface area (Å²) < 4.78 is 1.65. The lowest BCUT2D eigenvalue weighted by Gasteiger charge is -2.34. The Morgan fingerprint density at radius 2 is 1.88 bits per heavy atom. The van der Waals surface area contributed by atoms with E-state index in [2.05, 4.69) is 10.3 Å². The van der Waals surface area contributed by atoms with Crippen LogP contribution in [0.2, 0.25) is 5.02 Å². The summed E-state index contributed by atoms with van der Waals surface area (Å²) in [6.07, 6.45) is 1.63. The quantitative estimate of drug-likeness (QED) is 0.824. The van der Waals surface area contributed by atoms with E-state index in [1.54, 1.807) is 27.9 Å². The Morgan fingerprint density at radius 1 is 1.19 bits per heavy atom. The van der Waals surface area contributed by atoms with Gasteiger partial charge in [-0.2, -0.15) is 0 Å². The van der Waals surface area contributed by atoms with E-state index in [1.165, 1.54) is 4.90 Å². The molecule has 1 aliphatic rings.